The van der Waals surface area contributed by atoms with Gasteiger partial charge < -0.3 is 4.42 Å². The first-order valence-corrected chi connectivity index (χ1v) is 13.0. The molecule has 2 nitrogen and oxygen atoms in total. The summed E-state index contributed by atoms with van der Waals surface area (Å²) in [7, 11) is 0. The Morgan fingerprint density at radius 3 is 2.39 bits per heavy atom. The van der Waals surface area contributed by atoms with Crippen LogP contribution in [0, 0.1) is 11.8 Å². The van der Waals surface area contributed by atoms with Crippen LogP contribution in [-0.2, 0) is 0 Å². The van der Waals surface area contributed by atoms with E-state index in [4.69, 9.17) is 10.8 Å². The maximum absolute atomic E-state index is 9.10. The predicted octanol–water partition coefficient (Wildman–Crippen LogP) is 9.37. The van der Waals surface area contributed by atoms with Gasteiger partial charge in [0, 0.05) is 23.9 Å². The van der Waals surface area contributed by atoms with Gasteiger partial charge in [0.05, 0.1) is 5.69 Å². The van der Waals surface area contributed by atoms with Crippen LogP contribution in [0.1, 0.15) is 38.5 Å². The molecule has 0 radical (unpaired) electrons. The Labute approximate surface area is 212 Å². The minimum absolute atomic E-state index is 0.408. The van der Waals surface area contributed by atoms with Gasteiger partial charge in [0.25, 0.3) is 0 Å². The molecule has 0 atom stereocenters. The van der Waals surface area contributed by atoms with Crippen LogP contribution < -0.4 is 0 Å². The number of nitrogens with zero attached hydrogens (tertiary/aromatic N) is 1. The third-order valence-electron chi connectivity index (χ3n) is 8.45. The Kier molecular flexibility index (Phi) is 4.18. The van der Waals surface area contributed by atoms with Gasteiger partial charge >= 0.3 is 0 Å². The average molecular weight is 467 g/mol. The third-order valence-corrected chi connectivity index (χ3v) is 8.45. The number of pyridine rings is 1. The zero-order valence-electron chi connectivity index (χ0n) is 21.1. The predicted molar refractivity (Wildman–Crippen MR) is 148 cm³/mol. The van der Waals surface area contributed by atoms with E-state index in [0.29, 0.717) is 0 Å². The van der Waals surface area contributed by atoms with Crippen LogP contribution in [0.25, 0.3) is 55.1 Å². The summed E-state index contributed by atoms with van der Waals surface area (Å²) in [5.74, 6) is 1.12. The largest absolute Gasteiger partial charge is 0.455 e. The van der Waals surface area contributed by atoms with Gasteiger partial charge in [-0.1, -0.05) is 66.7 Å². The summed E-state index contributed by atoms with van der Waals surface area (Å²) >= 11 is 0. The quantitative estimate of drug-likeness (QED) is 0.260. The molecule has 0 amide bonds. The summed E-state index contributed by atoms with van der Waals surface area (Å²) in [6.45, 7) is 0. The van der Waals surface area contributed by atoms with Gasteiger partial charge in [0.15, 0.2) is 0 Å². The lowest BCUT2D eigenvalue weighted by Gasteiger charge is -2.45. The van der Waals surface area contributed by atoms with Crippen molar-refractivity contribution in [3.8, 4) is 22.4 Å². The molecule has 3 aliphatic rings. The fourth-order valence-corrected chi connectivity index (χ4v) is 6.65. The Bertz CT molecular complexity index is 1800. The second-order valence-corrected chi connectivity index (χ2v) is 10.7. The van der Waals surface area contributed by atoms with E-state index in [1.807, 2.05) is 6.20 Å². The van der Waals surface area contributed by atoms with E-state index in [1.165, 1.54) is 29.2 Å². The smallest absolute Gasteiger partial charge is 0.144 e. The lowest BCUT2D eigenvalue weighted by atomic mass is 9.60. The highest BCUT2D eigenvalue weighted by Crippen LogP contribution is 2.51. The topological polar surface area (TPSA) is 26.0 Å². The van der Waals surface area contributed by atoms with Gasteiger partial charge in [-0.2, -0.15) is 0 Å². The van der Waals surface area contributed by atoms with Gasteiger partial charge in [0.2, 0.25) is 0 Å². The first-order valence-electron chi connectivity index (χ1n) is 13.5. The zero-order chi connectivity index (χ0) is 24.6. The second kappa shape index (κ2) is 7.80. The number of benzene rings is 4. The van der Waals surface area contributed by atoms with Gasteiger partial charge in [0.1, 0.15) is 11.2 Å². The molecular formula is C34H27NO. The first-order chi connectivity index (χ1) is 18.1. The van der Waals surface area contributed by atoms with Crippen LogP contribution in [0.4, 0.5) is 0 Å². The lowest BCUT2D eigenvalue weighted by Crippen LogP contribution is -2.32. The fourth-order valence-electron chi connectivity index (χ4n) is 6.65. The monoisotopic (exact) mass is 466 g/mol. The Hall–Kier alpha value is -3.91. The van der Waals surface area contributed by atoms with E-state index >= 15 is 0 Å². The van der Waals surface area contributed by atoms with Crippen LogP contribution >= 0.6 is 0 Å². The van der Waals surface area contributed by atoms with Crippen molar-refractivity contribution in [3.05, 3.63) is 103 Å². The molecule has 0 saturated heterocycles. The maximum atomic E-state index is 9.10. The van der Waals surface area contributed by atoms with Gasteiger partial charge in [-0.25, -0.2) is 0 Å². The molecule has 6 aromatic rings. The van der Waals surface area contributed by atoms with Crippen molar-refractivity contribution in [3.63, 3.8) is 0 Å². The van der Waals surface area contributed by atoms with Crippen molar-refractivity contribution in [2.75, 3.05) is 0 Å². The molecule has 2 heteroatoms. The number of rotatable bonds is 3. The zero-order valence-corrected chi connectivity index (χ0v) is 20.1. The van der Waals surface area contributed by atoms with Crippen LogP contribution in [0.5, 0.6) is 0 Å². The molecular weight excluding hydrogens is 438 g/mol. The molecule has 4 aromatic carbocycles. The Balaban J connectivity index is 1.20. The molecule has 0 spiro atoms. The van der Waals surface area contributed by atoms with Crippen LogP contribution in [0.15, 0.2) is 102 Å². The number of aromatic nitrogens is 1. The molecule has 9 rings (SSSR count). The van der Waals surface area contributed by atoms with E-state index in [0.717, 1.165) is 69.0 Å². The van der Waals surface area contributed by atoms with E-state index < -0.39 is 5.89 Å². The molecule has 0 unspecified atom stereocenters. The first kappa shape index (κ1) is 19.3. The van der Waals surface area contributed by atoms with Crippen LogP contribution in [0.3, 0.4) is 0 Å². The summed E-state index contributed by atoms with van der Waals surface area (Å²) in [5, 5.41) is 4.70. The van der Waals surface area contributed by atoms with Crippen molar-refractivity contribution in [2.24, 2.45) is 11.8 Å². The van der Waals surface area contributed by atoms with Crippen molar-refractivity contribution in [1.82, 2.24) is 4.98 Å². The fraction of sp³-hybridized carbons (Fsp3) is 0.206. The number of hydrogen-bond acceptors (Lipinski definition) is 2. The standard InChI is InChI=1S/C34H27NO/c1-2-5-28-25(4-1)12-13-32-33(28)30-7-3-6-29(34(30)36-32)31-20-26(14-15-35-31)23-8-10-24(11-9-23)27-18-21-16-22(17-21)19-27/h1-15,20-22,27H,16-19H2/i27D. The summed E-state index contributed by atoms with van der Waals surface area (Å²) in [6.07, 6.45) is 6.59. The van der Waals surface area contributed by atoms with Crippen molar-refractivity contribution < 1.29 is 5.79 Å². The molecule has 0 aliphatic heterocycles. The molecule has 3 aliphatic carbocycles. The molecule has 3 fully saturated rings. The van der Waals surface area contributed by atoms with E-state index in [9.17, 15) is 0 Å². The van der Waals surface area contributed by atoms with E-state index in [-0.39, 0.29) is 0 Å². The third kappa shape index (κ3) is 3.14. The summed E-state index contributed by atoms with van der Waals surface area (Å²) in [6, 6.07) is 31.9. The van der Waals surface area contributed by atoms with E-state index in [2.05, 4.69) is 91.0 Å². The summed E-state index contributed by atoms with van der Waals surface area (Å²) in [4.78, 5) is 4.74. The lowest BCUT2D eigenvalue weighted by molar-refractivity contribution is 0.0966. The number of fused-ring (bicyclic) bond motifs is 7. The van der Waals surface area contributed by atoms with Crippen LogP contribution in [0.2, 0.25) is 0 Å². The number of para-hydroxylation sites is 1. The highest BCUT2D eigenvalue weighted by atomic mass is 16.3. The average Bonchev–Trinajstić information content (AvgIpc) is 3.32. The number of furan rings is 1. The molecule has 174 valence electrons. The van der Waals surface area contributed by atoms with E-state index in [1.54, 1.807) is 0 Å². The SMILES string of the molecule is [2H]C1(c2ccc(-c3ccnc(-c4cccc5c4oc4ccc6ccccc6c45)c3)cc2)CC2CC(C2)C1. The molecule has 0 N–H and O–H groups in total. The van der Waals surface area contributed by atoms with Gasteiger partial charge in [-0.15, -0.1) is 0 Å². The molecule has 2 bridgehead atoms. The molecule has 2 aromatic heterocycles. The van der Waals surface area contributed by atoms with Gasteiger partial charge in [-0.05, 0) is 95.1 Å². The Morgan fingerprint density at radius 1 is 0.722 bits per heavy atom. The minimum Gasteiger partial charge on any atom is -0.455 e. The van der Waals surface area contributed by atoms with Crippen molar-refractivity contribution >= 4 is 32.7 Å². The highest BCUT2D eigenvalue weighted by Gasteiger charge is 2.38. The Morgan fingerprint density at radius 2 is 1.53 bits per heavy atom. The van der Waals surface area contributed by atoms with Crippen molar-refractivity contribution in [2.45, 2.75) is 31.6 Å². The van der Waals surface area contributed by atoms with Gasteiger partial charge in [-0.3, -0.25) is 4.98 Å². The highest BCUT2D eigenvalue weighted by molar-refractivity contribution is 6.20. The number of hydrogen-bond donors (Lipinski definition) is 0. The maximum Gasteiger partial charge on any atom is 0.144 e. The molecule has 2 heterocycles. The van der Waals surface area contributed by atoms with Crippen LogP contribution in [-0.4, -0.2) is 4.98 Å². The summed E-state index contributed by atoms with van der Waals surface area (Å²) < 4.78 is 15.5. The summed E-state index contributed by atoms with van der Waals surface area (Å²) in [5.41, 5.74) is 7.13. The second-order valence-electron chi connectivity index (χ2n) is 10.7. The molecule has 3 saturated carbocycles. The normalized spacial score (nSPS) is 23.6. The minimum atomic E-state index is -0.408. The van der Waals surface area contributed by atoms with Crippen molar-refractivity contribution in [1.29, 1.82) is 0 Å². The molecule has 36 heavy (non-hydrogen) atoms.